The number of morpholine rings is 1. The van der Waals surface area contributed by atoms with Crippen LogP contribution in [0.25, 0.3) is 0 Å². The molecule has 1 aromatic rings. The van der Waals surface area contributed by atoms with Crippen molar-refractivity contribution in [2.24, 2.45) is 10.9 Å². The fourth-order valence-electron chi connectivity index (χ4n) is 4.11. The highest BCUT2D eigenvalue weighted by molar-refractivity contribution is 5.79. The first-order valence-electron chi connectivity index (χ1n) is 10.8. The standard InChI is InChI=1S/C22H35FN4O2/c1-3-24-22(25-8-6-18-4-5-20(23)14-17(18)2)26-15-21(19-7-11-29-16-19)27-9-12-28-13-10-27/h4-5,14,19,21H,3,6-13,15-16H2,1-2H3,(H2,24,25,26). The molecule has 0 radical (unpaired) electrons. The lowest BCUT2D eigenvalue weighted by Gasteiger charge is -2.36. The van der Waals surface area contributed by atoms with Crippen LogP contribution in [0, 0.1) is 18.7 Å². The zero-order valence-corrected chi connectivity index (χ0v) is 17.8. The Balaban J connectivity index is 1.58. The number of benzene rings is 1. The van der Waals surface area contributed by atoms with Crippen molar-refractivity contribution < 1.29 is 13.9 Å². The van der Waals surface area contributed by atoms with Crippen molar-refractivity contribution >= 4 is 5.96 Å². The molecule has 2 heterocycles. The number of ether oxygens (including phenoxy) is 2. The third kappa shape index (κ3) is 6.66. The van der Waals surface area contributed by atoms with Crippen molar-refractivity contribution in [1.29, 1.82) is 0 Å². The normalized spacial score (nSPS) is 21.9. The summed E-state index contributed by atoms with van der Waals surface area (Å²) in [6, 6.07) is 5.37. The summed E-state index contributed by atoms with van der Waals surface area (Å²) in [5.74, 6) is 1.19. The number of nitrogens with zero attached hydrogens (tertiary/aromatic N) is 2. The number of hydrogen-bond donors (Lipinski definition) is 2. The minimum Gasteiger partial charge on any atom is -0.381 e. The quantitative estimate of drug-likeness (QED) is 0.511. The summed E-state index contributed by atoms with van der Waals surface area (Å²) in [7, 11) is 0. The predicted octanol–water partition coefficient (Wildman–Crippen LogP) is 1.97. The van der Waals surface area contributed by atoms with Crippen LogP contribution in [0.15, 0.2) is 23.2 Å². The van der Waals surface area contributed by atoms with Crippen LogP contribution in [0.5, 0.6) is 0 Å². The molecular weight excluding hydrogens is 371 g/mol. The maximum absolute atomic E-state index is 13.3. The molecule has 2 aliphatic rings. The third-order valence-electron chi connectivity index (χ3n) is 5.80. The first kappa shape index (κ1) is 22.0. The zero-order chi connectivity index (χ0) is 20.5. The van der Waals surface area contributed by atoms with Crippen molar-refractivity contribution in [3.8, 4) is 0 Å². The van der Waals surface area contributed by atoms with Crippen LogP contribution < -0.4 is 10.6 Å². The Kier molecular flexibility index (Phi) is 8.70. The van der Waals surface area contributed by atoms with Gasteiger partial charge in [0, 0.05) is 44.7 Å². The lowest BCUT2D eigenvalue weighted by molar-refractivity contribution is 0.00368. The summed E-state index contributed by atoms with van der Waals surface area (Å²) in [6.07, 6.45) is 1.94. The average molecular weight is 407 g/mol. The summed E-state index contributed by atoms with van der Waals surface area (Å²) in [6.45, 7) is 11.5. The lowest BCUT2D eigenvalue weighted by atomic mass is 9.97. The summed E-state index contributed by atoms with van der Waals surface area (Å²) in [4.78, 5) is 7.41. The second-order valence-electron chi connectivity index (χ2n) is 7.81. The van der Waals surface area contributed by atoms with E-state index in [9.17, 15) is 4.39 Å². The molecule has 2 saturated heterocycles. The minimum absolute atomic E-state index is 0.181. The van der Waals surface area contributed by atoms with Gasteiger partial charge in [0.05, 0.1) is 26.4 Å². The van der Waals surface area contributed by atoms with E-state index in [-0.39, 0.29) is 5.82 Å². The number of guanidine groups is 1. The number of aliphatic imine (C=N–C) groups is 1. The van der Waals surface area contributed by atoms with E-state index >= 15 is 0 Å². The molecule has 2 N–H and O–H groups in total. The first-order chi connectivity index (χ1) is 14.2. The third-order valence-corrected chi connectivity index (χ3v) is 5.80. The van der Waals surface area contributed by atoms with Gasteiger partial charge in [0.15, 0.2) is 5.96 Å². The second-order valence-corrected chi connectivity index (χ2v) is 7.81. The highest BCUT2D eigenvalue weighted by Gasteiger charge is 2.31. The topological polar surface area (TPSA) is 58.1 Å². The van der Waals surface area contributed by atoms with Gasteiger partial charge in [0.25, 0.3) is 0 Å². The first-order valence-corrected chi connectivity index (χ1v) is 10.8. The molecule has 29 heavy (non-hydrogen) atoms. The monoisotopic (exact) mass is 406 g/mol. The number of nitrogens with one attached hydrogen (secondary N) is 2. The van der Waals surface area contributed by atoms with Gasteiger partial charge >= 0.3 is 0 Å². The number of halogens is 1. The molecule has 0 saturated carbocycles. The van der Waals surface area contributed by atoms with Gasteiger partial charge in [0.1, 0.15) is 5.82 Å². The van der Waals surface area contributed by atoms with Gasteiger partial charge in [0.2, 0.25) is 0 Å². The molecule has 162 valence electrons. The maximum atomic E-state index is 13.3. The molecule has 6 nitrogen and oxygen atoms in total. The molecule has 7 heteroatoms. The van der Waals surface area contributed by atoms with Crippen LogP contribution in [0.1, 0.15) is 24.5 Å². The van der Waals surface area contributed by atoms with E-state index in [0.717, 1.165) is 89.1 Å². The van der Waals surface area contributed by atoms with E-state index < -0.39 is 0 Å². The number of hydrogen-bond acceptors (Lipinski definition) is 4. The summed E-state index contributed by atoms with van der Waals surface area (Å²) in [5.41, 5.74) is 2.14. The molecule has 3 rings (SSSR count). The van der Waals surface area contributed by atoms with Crippen LogP contribution in [0.3, 0.4) is 0 Å². The van der Waals surface area contributed by atoms with Gasteiger partial charge < -0.3 is 20.1 Å². The predicted molar refractivity (Wildman–Crippen MR) is 114 cm³/mol. The van der Waals surface area contributed by atoms with E-state index in [1.54, 1.807) is 6.07 Å². The van der Waals surface area contributed by atoms with Crippen LogP contribution >= 0.6 is 0 Å². The molecule has 2 atom stereocenters. The largest absolute Gasteiger partial charge is 0.381 e. The van der Waals surface area contributed by atoms with Crippen LogP contribution in [0.4, 0.5) is 4.39 Å². The van der Waals surface area contributed by atoms with Crippen LogP contribution in [-0.4, -0.2) is 76.1 Å². The Morgan fingerprint density at radius 2 is 2.07 bits per heavy atom. The maximum Gasteiger partial charge on any atom is 0.191 e. The molecule has 0 amide bonds. The van der Waals surface area contributed by atoms with E-state index in [2.05, 4.69) is 22.5 Å². The fourth-order valence-corrected chi connectivity index (χ4v) is 4.11. The molecule has 0 spiro atoms. The Bertz CT molecular complexity index is 658. The van der Waals surface area contributed by atoms with Crippen LogP contribution in [0.2, 0.25) is 0 Å². The molecule has 0 bridgehead atoms. The molecule has 0 aliphatic carbocycles. The number of aryl methyl sites for hydroxylation is 1. The van der Waals surface area contributed by atoms with E-state index in [1.165, 1.54) is 6.07 Å². The van der Waals surface area contributed by atoms with Gasteiger partial charge in [-0.25, -0.2) is 4.39 Å². The zero-order valence-electron chi connectivity index (χ0n) is 17.8. The van der Waals surface area contributed by atoms with Crippen molar-refractivity contribution in [3.05, 3.63) is 35.1 Å². The molecule has 2 unspecified atom stereocenters. The molecule has 2 aliphatic heterocycles. The molecule has 1 aromatic carbocycles. The summed E-state index contributed by atoms with van der Waals surface area (Å²) >= 11 is 0. The Morgan fingerprint density at radius 1 is 1.24 bits per heavy atom. The van der Waals surface area contributed by atoms with Gasteiger partial charge in [-0.3, -0.25) is 9.89 Å². The lowest BCUT2D eigenvalue weighted by Crippen LogP contribution is -2.49. The van der Waals surface area contributed by atoms with E-state index in [1.807, 2.05) is 13.0 Å². The van der Waals surface area contributed by atoms with E-state index in [4.69, 9.17) is 14.5 Å². The highest BCUT2D eigenvalue weighted by Crippen LogP contribution is 2.22. The molecule has 2 fully saturated rings. The summed E-state index contributed by atoms with van der Waals surface area (Å²) < 4.78 is 24.5. The molecule has 0 aromatic heterocycles. The minimum atomic E-state index is -0.181. The van der Waals surface area contributed by atoms with Gasteiger partial charge in [-0.15, -0.1) is 0 Å². The second kappa shape index (κ2) is 11.5. The smallest absolute Gasteiger partial charge is 0.191 e. The average Bonchev–Trinajstić information content (AvgIpc) is 3.25. The van der Waals surface area contributed by atoms with Crippen molar-refractivity contribution in [2.45, 2.75) is 32.7 Å². The van der Waals surface area contributed by atoms with Gasteiger partial charge in [-0.05, 0) is 49.9 Å². The molecular formula is C22H35FN4O2. The SMILES string of the molecule is CCNC(=NCC(C1CCOC1)N1CCOCC1)NCCc1ccc(F)cc1C. The van der Waals surface area contributed by atoms with Crippen molar-refractivity contribution in [2.75, 3.05) is 59.2 Å². The van der Waals surface area contributed by atoms with Crippen LogP contribution in [-0.2, 0) is 15.9 Å². The summed E-state index contributed by atoms with van der Waals surface area (Å²) in [5, 5.41) is 6.78. The fraction of sp³-hybridized carbons (Fsp3) is 0.682. The van der Waals surface area contributed by atoms with E-state index in [0.29, 0.717) is 12.0 Å². The number of rotatable bonds is 8. The van der Waals surface area contributed by atoms with Gasteiger partial charge in [-0.1, -0.05) is 6.07 Å². The Hall–Kier alpha value is -1.70. The van der Waals surface area contributed by atoms with Gasteiger partial charge in [-0.2, -0.15) is 0 Å². The Labute approximate surface area is 173 Å². The van der Waals surface area contributed by atoms with Crippen molar-refractivity contribution in [1.82, 2.24) is 15.5 Å². The van der Waals surface area contributed by atoms with Crippen molar-refractivity contribution in [3.63, 3.8) is 0 Å². The highest BCUT2D eigenvalue weighted by atomic mass is 19.1. The Morgan fingerprint density at radius 3 is 2.76 bits per heavy atom.